The molecule has 126 valence electrons. The van der Waals surface area contributed by atoms with Gasteiger partial charge in [0.1, 0.15) is 5.60 Å². The summed E-state index contributed by atoms with van der Waals surface area (Å²) < 4.78 is 5.30. The summed E-state index contributed by atoms with van der Waals surface area (Å²) in [5.74, 6) is 5.50. The van der Waals surface area contributed by atoms with E-state index in [2.05, 4.69) is 17.2 Å². The summed E-state index contributed by atoms with van der Waals surface area (Å²) in [5.41, 5.74) is 0.450. The van der Waals surface area contributed by atoms with Crippen LogP contribution in [0.1, 0.15) is 40.2 Å². The van der Waals surface area contributed by atoms with Gasteiger partial charge in [-0.1, -0.05) is 36.3 Å². The molecule has 0 aliphatic carbocycles. The molecular weight excluding hydrogens is 290 g/mol. The van der Waals surface area contributed by atoms with Crippen LogP contribution in [0.15, 0.2) is 30.3 Å². The zero-order valence-electron chi connectivity index (χ0n) is 14.6. The van der Waals surface area contributed by atoms with Gasteiger partial charge in [0.05, 0.1) is 12.1 Å². The van der Waals surface area contributed by atoms with Gasteiger partial charge in [0.25, 0.3) is 0 Å². The highest BCUT2D eigenvalue weighted by molar-refractivity contribution is 5.68. The summed E-state index contributed by atoms with van der Waals surface area (Å²) in [5, 5.41) is 13.3. The van der Waals surface area contributed by atoms with Crippen LogP contribution in [0.4, 0.5) is 4.79 Å². The van der Waals surface area contributed by atoms with Crippen molar-refractivity contribution in [3.05, 3.63) is 35.9 Å². The Kier molecular flexibility index (Phi) is 7.12. The van der Waals surface area contributed by atoms with Crippen molar-refractivity contribution >= 4 is 6.09 Å². The van der Waals surface area contributed by atoms with Crippen molar-refractivity contribution in [2.75, 3.05) is 0 Å². The molecule has 1 amide bonds. The third-order valence-electron chi connectivity index (χ3n) is 3.30. The molecule has 23 heavy (non-hydrogen) atoms. The molecule has 0 saturated heterocycles. The Morgan fingerprint density at radius 3 is 2.43 bits per heavy atom. The van der Waals surface area contributed by atoms with Crippen LogP contribution in [0.3, 0.4) is 0 Å². The Bertz CT molecular complexity index is 551. The molecule has 0 aromatic heterocycles. The topological polar surface area (TPSA) is 58.6 Å². The van der Waals surface area contributed by atoms with E-state index in [1.807, 2.05) is 37.3 Å². The Balaban J connectivity index is 2.86. The van der Waals surface area contributed by atoms with Crippen molar-refractivity contribution in [3.8, 4) is 11.8 Å². The zero-order valence-corrected chi connectivity index (χ0v) is 14.6. The lowest BCUT2D eigenvalue weighted by Crippen LogP contribution is -2.48. The third-order valence-corrected chi connectivity index (χ3v) is 3.30. The molecule has 0 fully saturated rings. The Labute approximate surface area is 139 Å². The van der Waals surface area contributed by atoms with E-state index >= 15 is 0 Å². The van der Waals surface area contributed by atoms with Crippen LogP contribution >= 0.6 is 0 Å². The normalized spacial score (nSPS) is 14.9. The molecule has 1 aromatic carbocycles. The Morgan fingerprint density at radius 1 is 1.30 bits per heavy atom. The van der Waals surface area contributed by atoms with E-state index in [0.29, 0.717) is 6.42 Å². The van der Waals surface area contributed by atoms with Crippen molar-refractivity contribution in [1.29, 1.82) is 0 Å². The van der Waals surface area contributed by atoms with Gasteiger partial charge in [-0.05, 0) is 46.6 Å². The molecule has 1 aromatic rings. The summed E-state index contributed by atoms with van der Waals surface area (Å²) in [4.78, 5) is 12.1. The SMILES string of the molecule is CC#C[C@@H](C)[C@@H](O)[C@H](Cc1ccccc1)NC(=O)OC(C)(C)C. The number of aliphatic hydroxyl groups excluding tert-OH is 1. The first-order chi connectivity index (χ1) is 10.7. The second kappa shape index (κ2) is 8.59. The van der Waals surface area contributed by atoms with Crippen molar-refractivity contribution < 1.29 is 14.6 Å². The van der Waals surface area contributed by atoms with E-state index in [-0.39, 0.29) is 5.92 Å². The molecule has 0 unspecified atom stereocenters. The number of ether oxygens (including phenoxy) is 1. The summed E-state index contributed by atoms with van der Waals surface area (Å²) in [6.45, 7) is 8.99. The van der Waals surface area contributed by atoms with Crippen molar-refractivity contribution in [3.63, 3.8) is 0 Å². The predicted octanol–water partition coefficient (Wildman–Crippen LogP) is 3.14. The minimum absolute atomic E-state index is 0.247. The van der Waals surface area contributed by atoms with Crippen LogP contribution in [0.2, 0.25) is 0 Å². The van der Waals surface area contributed by atoms with Gasteiger partial charge >= 0.3 is 6.09 Å². The molecule has 2 N–H and O–H groups in total. The molecule has 3 atom stereocenters. The van der Waals surface area contributed by atoms with E-state index in [9.17, 15) is 9.90 Å². The van der Waals surface area contributed by atoms with Gasteiger partial charge in [0.2, 0.25) is 0 Å². The highest BCUT2D eigenvalue weighted by atomic mass is 16.6. The quantitative estimate of drug-likeness (QED) is 0.820. The van der Waals surface area contributed by atoms with Crippen molar-refractivity contribution in [2.24, 2.45) is 5.92 Å². The standard InChI is InChI=1S/C19H27NO3/c1-6-10-14(2)17(21)16(13-15-11-8-7-9-12-15)20-18(22)23-19(3,4)5/h7-9,11-12,14,16-17,21H,13H2,1-5H3,(H,20,22)/t14-,16+,17-/m1/s1. The maximum absolute atomic E-state index is 12.1. The average Bonchev–Trinajstić information content (AvgIpc) is 2.45. The minimum Gasteiger partial charge on any atom is -0.444 e. The van der Waals surface area contributed by atoms with Gasteiger partial charge in [-0.15, -0.1) is 5.92 Å². The van der Waals surface area contributed by atoms with Gasteiger partial charge in [0.15, 0.2) is 0 Å². The van der Waals surface area contributed by atoms with Gasteiger partial charge in [0, 0.05) is 5.92 Å². The molecule has 0 aliphatic rings. The average molecular weight is 317 g/mol. The number of alkyl carbamates (subject to hydrolysis) is 1. The van der Waals surface area contributed by atoms with Crippen LogP contribution in [-0.4, -0.2) is 28.9 Å². The number of aliphatic hydroxyl groups is 1. The molecule has 0 saturated carbocycles. The maximum Gasteiger partial charge on any atom is 0.407 e. The highest BCUT2D eigenvalue weighted by Crippen LogP contribution is 2.14. The van der Waals surface area contributed by atoms with Crippen LogP contribution in [-0.2, 0) is 11.2 Å². The number of amides is 1. The predicted molar refractivity (Wildman–Crippen MR) is 91.9 cm³/mol. The van der Waals surface area contributed by atoms with Crippen LogP contribution in [0, 0.1) is 17.8 Å². The lowest BCUT2D eigenvalue weighted by molar-refractivity contribution is 0.0385. The third kappa shape index (κ3) is 7.21. The summed E-state index contributed by atoms with van der Waals surface area (Å²) in [6.07, 6.45) is -0.805. The number of carbonyl (C=O) groups is 1. The van der Waals surface area contributed by atoms with E-state index in [4.69, 9.17) is 4.74 Å². The van der Waals surface area contributed by atoms with E-state index in [1.165, 1.54) is 0 Å². The largest absolute Gasteiger partial charge is 0.444 e. The monoisotopic (exact) mass is 317 g/mol. The van der Waals surface area contributed by atoms with Gasteiger partial charge in [-0.3, -0.25) is 0 Å². The fourth-order valence-electron chi connectivity index (χ4n) is 2.25. The van der Waals surface area contributed by atoms with Crippen molar-refractivity contribution in [2.45, 2.75) is 58.8 Å². The molecule has 0 spiro atoms. The Hall–Kier alpha value is -1.99. The molecule has 4 nitrogen and oxygen atoms in total. The lowest BCUT2D eigenvalue weighted by Gasteiger charge is -2.28. The molecule has 0 bridgehead atoms. The summed E-state index contributed by atoms with van der Waals surface area (Å²) in [7, 11) is 0. The minimum atomic E-state index is -0.782. The fourth-order valence-corrected chi connectivity index (χ4v) is 2.25. The number of benzene rings is 1. The zero-order chi connectivity index (χ0) is 17.5. The first-order valence-corrected chi connectivity index (χ1v) is 7.86. The van der Waals surface area contributed by atoms with E-state index in [0.717, 1.165) is 5.56 Å². The first-order valence-electron chi connectivity index (χ1n) is 7.86. The van der Waals surface area contributed by atoms with E-state index < -0.39 is 23.8 Å². The highest BCUT2D eigenvalue weighted by Gasteiger charge is 2.27. The second-order valence-corrected chi connectivity index (χ2v) is 6.62. The number of hydrogen-bond acceptors (Lipinski definition) is 3. The van der Waals surface area contributed by atoms with Crippen LogP contribution in [0.25, 0.3) is 0 Å². The number of hydrogen-bond donors (Lipinski definition) is 2. The first kappa shape index (κ1) is 19.1. The molecule has 0 radical (unpaired) electrons. The van der Waals surface area contributed by atoms with E-state index in [1.54, 1.807) is 27.7 Å². The number of rotatable bonds is 5. The molecule has 0 aliphatic heterocycles. The Morgan fingerprint density at radius 2 is 1.91 bits per heavy atom. The molecule has 4 heteroatoms. The molecule has 0 heterocycles. The second-order valence-electron chi connectivity index (χ2n) is 6.62. The smallest absolute Gasteiger partial charge is 0.407 e. The fraction of sp³-hybridized carbons (Fsp3) is 0.526. The maximum atomic E-state index is 12.1. The summed E-state index contributed by atoms with van der Waals surface area (Å²) in [6, 6.07) is 9.26. The van der Waals surface area contributed by atoms with Gasteiger partial charge < -0.3 is 15.2 Å². The molecule has 1 rings (SSSR count). The lowest BCUT2D eigenvalue weighted by atomic mass is 9.93. The molecular formula is C19H27NO3. The van der Waals surface area contributed by atoms with Gasteiger partial charge in [-0.2, -0.15) is 0 Å². The summed E-state index contributed by atoms with van der Waals surface area (Å²) >= 11 is 0. The van der Waals surface area contributed by atoms with Crippen LogP contribution in [0.5, 0.6) is 0 Å². The van der Waals surface area contributed by atoms with Gasteiger partial charge in [-0.25, -0.2) is 4.79 Å². The van der Waals surface area contributed by atoms with Crippen LogP contribution < -0.4 is 5.32 Å². The number of carbonyl (C=O) groups excluding carboxylic acids is 1. The number of nitrogens with one attached hydrogen (secondary N) is 1. The van der Waals surface area contributed by atoms with Crippen molar-refractivity contribution in [1.82, 2.24) is 5.32 Å².